The fourth-order valence-electron chi connectivity index (χ4n) is 2.17. The highest BCUT2D eigenvalue weighted by Gasteiger charge is 2.26. The van der Waals surface area contributed by atoms with Gasteiger partial charge in [-0.05, 0) is 39.3 Å². The Morgan fingerprint density at radius 2 is 1.64 bits per heavy atom. The van der Waals surface area contributed by atoms with Crippen molar-refractivity contribution in [3.63, 3.8) is 0 Å². The third-order valence-corrected chi connectivity index (χ3v) is 3.23. The molecule has 6 heteroatoms. The minimum Gasteiger partial charge on any atom is -0.458 e. The molecule has 0 aromatic heterocycles. The van der Waals surface area contributed by atoms with Gasteiger partial charge in [0.15, 0.2) is 11.5 Å². The van der Waals surface area contributed by atoms with E-state index in [9.17, 15) is 4.79 Å². The molecule has 2 aliphatic heterocycles. The van der Waals surface area contributed by atoms with Crippen molar-refractivity contribution in [1.82, 2.24) is 4.90 Å². The minimum absolute atomic E-state index is 0.0825. The highest BCUT2D eigenvalue weighted by atomic mass is 16.6. The SMILES string of the molecule is C1=COc2ccccc2O1.CCCN1CC(C)OC1=O.CCOCC. The van der Waals surface area contributed by atoms with E-state index in [0.29, 0.717) is 0 Å². The lowest BCUT2D eigenvalue weighted by atomic mass is 10.3. The van der Waals surface area contributed by atoms with Gasteiger partial charge in [-0.3, -0.25) is 0 Å². The van der Waals surface area contributed by atoms with Crippen LogP contribution in [0.2, 0.25) is 0 Å². The molecule has 0 saturated carbocycles. The Balaban J connectivity index is 0.000000200. The Morgan fingerprint density at radius 3 is 2.00 bits per heavy atom. The van der Waals surface area contributed by atoms with E-state index in [2.05, 4.69) is 6.92 Å². The van der Waals surface area contributed by atoms with Gasteiger partial charge < -0.3 is 23.8 Å². The monoisotopic (exact) mass is 351 g/mol. The van der Waals surface area contributed by atoms with Gasteiger partial charge in [0.25, 0.3) is 0 Å². The lowest BCUT2D eigenvalue weighted by Gasteiger charge is -2.10. The summed E-state index contributed by atoms with van der Waals surface area (Å²) in [7, 11) is 0. The fourth-order valence-corrected chi connectivity index (χ4v) is 2.17. The molecule has 25 heavy (non-hydrogen) atoms. The third-order valence-electron chi connectivity index (χ3n) is 3.23. The van der Waals surface area contributed by atoms with Crippen LogP contribution in [0.25, 0.3) is 0 Å². The van der Waals surface area contributed by atoms with Crippen LogP contribution >= 0.6 is 0 Å². The van der Waals surface area contributed by atoms with Crippen LogP contribution in [0.3, 0.4) is 0 Å². The van der Waals surface area contributed by atoms with Gasteiger partial charge >= 0.3 is 6.09 Å². The lowest BCUT2D eigenvalue weighted by Crippen LogP contribution is -2.25. The number of nitrogens with zero attached hydrogens (tertiary/aromatic N) is 1. The predicted molar refractivity (Wildman–Crippen MR) is 96.8 cm³/mol. The molecule has 1 aromatic carbocycles. The second-order valence-corrected chi connectivity index (χ2v) is 5.38. The molecule has 0 bridgehead atoms. The summed E-state index contributed by atoms with van der Waals surface area (Å²) in [5.41, 5.74) is 0. The molecule has 1 unspecified atom stereocenters. The number of benzene rings is 1. The van der Waals surface area contributed by atoms with Crippen molar-refractivity contribution in [2.24, 2.45) is 0 Å². The predicted octanol–water partition coefficient (Wildman–Crippen LogP) is 4.21. The van der Waals surface area contributed by atoms with Crippen LogP contribution in [0, 0.1) is 0 Å². The van der Waals surface area contributed by atoms with Gasteiger partial charge in [-0.1, -0.05) is 19.1 Å². The van der Waals surface area contributed by atoms with Crippen LogP contribution < -0.4 is 9.47 Å². The summed E-state index contributed by atoms with van der Waals surface area (Å²) in [6.07, 6.45) is 3.96. The maximum absolute atomic E-state index is 10.9. The molecule has 1 fully saturated rings. The average Bonchev–Trinajstić information content (AvgIpc) is 2.95. The zero-order valence-electron chi connectivity index (χ0n) is 15.6. The molecule has 0 N–H and O–H groups in total. The Bertz CT molecular complexity index is 503. The molecule has 2 aliphatic rings. The number of cyclic esters (lactones) is 1. The number of amides is 1. The molecule has 0 radical (unpaired) electrons. The fraction of sp³-hybridized carbons (Fsp3) is 0.526. The zero-order valence-corrected chi connectivity index (χ0v) is 15.6. The first-order valence-electron chi connectivity index (χ1n) is 8.72. The van der Waals surface area contributed by atoms with Gasteiger partial charge in [-0.2, -0.15) is 0 Å². The Labute approximate surface area is 150 Å². The van der Waals surface area contributed by atoms with E-state index in [-0.39, 0.29) is 12.2 Å². The molecule has 0 aliphatic carbocycles. The van der Waals surface area contributed by atoms with Gasteiger partial charge in [-0.25, -0.2) is 4.79 Å². The van der Waals surface area contributed by atoms with Gasteiger partial charge in [0.05, 0.1) is 6.54 Å². The van der Waals surface area contributed by atoms with Crippen molar-refractivity contribution in [3.8, 4) is 11.5 Å². The second-order valence-electron chi connectivity index (χ2n) is 5.38. The maximum Gasteiger partial charge on any atom is 0.410 e. The van der Waals surface area contributed by atoms with Crippen LogP contribution in [-0.4, -0.2) is 43.4 Å². The summed E-state index contributed by atoms with van der Waals surface area (Å²) >= 11 is 0. The maximum atomic E-state index is 10.9. The summed E-state index contributed by atoms with van der Waals surface area (Å²) < 4.78 is 20.0. The van der Waals surface area contributed by atoms with E-state index < -0.39 is 0 Å². The minimum atomic E-state index is -0.158. The molecule has 0 spiro atoms. The largest absolute Gasteiger partial charge is 0.458 e. The Hall–Kier alpha value is -2.21. The Kier molecular flexibility index (Phi) is 10.2. The van der Waals surface area contributed by atoms with Gasteiger partial charge in [-0.15, -0.1) is 0 Å². The van der Waals surface area contributed by atoms with E-state index >= 15 is 0 Å². The van der Waals surface area contributed by atoms with E-state index in [4.69, 9.17) is 18.9 Å². The van der Waals surface area contributed by atoms with Crippen molar-refractivity contribution < 1.29 is 23.7 Å². The molecule has 1 amide bonds. The summed E-state index contributed by atoms with van der Waals surface area (Å²) in [6.45, 7) is 11.2. The molecule has 3 rings (SSSR count). The standard InChI is InChI=1S/C8H6O2.C7H13NO2.C4H10O/c1-2-4-8-7(3-1)9-5-6-10-8;1-3-4-8-5-6(2)10-7(8)9;1-3-5-4-2/h1-6H;6H,3-5H2,1-2H3;3-4H2,1-2H3. The smallest absolute Gasteiger partial charge is 0.410 e. The third kappa shape index (κ3) is 7.94. The number of para-hydroxylation sites is 2. The molecule has 140 valence electrons. The van der Waals surface area contributed by atoms with Crippen LogP contribution in [0.15, 0.2) is 36.8 Å². The lowest BCUT2D eigenvalue weighted by molar-refractivity contribution is 0.138. The number of hydrogen-bond acceptors (Lipinski definition) is 5. The van der Waals surface area contributed by atoms with Gasteiger partial charge in [0.1, 0.15) is 18.6 Å². The highest BCUT2D eigenvalue weighted by molar-refractivity contribution is 5.69. The summed E-state index contributed by atoms with van der Waals surface area (Å²) in [5.74, 6) is 1.54. The molecular formula is C19H29NO5. The quantitative estimate of drug-likeness (QED) is 0.813. The molecule has 1 atom stereocenters. The van der Waals surface area contributed by atoms with Crippen molar-refractivity contribution >= 4 is 6.09 Å². The first-order chi connectivity index (χ1) is 12.1. The second kappa shape index (κ2) is 12.2. The van der Waals surface area contributed by atoms with Gasteiger partial charge in [0.2, 0.25) is 0 Å². The zero-order chi connectivity index (χ0) is 18.5. The molecule has 1 saturated heterocycles. The normalized spacial score (nSPS) is 17.0. The number of carbonyl (C=O) groups excluding carboxylic acids is 1. The molecule has 6 nitrogen and oxygen atoms in total. The van der Waals surface area contributed by atoms with Gasteiger partial charge in [0, 0.05) is 19.8 Å². The molecule has 1 aromatic rings. The highest BCUT2D eigenvalue weighted by Crippen LogP contribution is 2.28. The summed E-state index contributed by atoms with van der Waals surface area (Å²) in [4.78, 5) is 12.6. The van der Waals surface area contributed by atoms with Crippen molar-refractivity contribution in [2.75, 3.05) is 26.3 Å². The van der Waals surface area contributed by atoms with Crippen molar-refractivity contribution in [3.05, 3.63) is 36.8 Å². The Morgan fingerprint density at radius 1 is 1.08 bits per heavy atom. The van der Waals surface area contributed by atoms with E-state index in [1.54, 1.807) is 4.90 Å². The van der Waals surface area contributed by atoms with Crippen LogP contribution in [-0.2, 0) is 9.47 Å². The molecule has 2 heterocycles. The first-order valence-corrected chi connectivity index (χ1v) is 8.72. The number of carbonyl (C=O) groups is 1. The topological polar surface area (TPSA) is 57.2 Å². The number of hydrogen-bond donors (Lipinski definition) is 0. The van der Waals surface area contributed by atoms with Crippen LogP contribution in [0.1, 0.15) is 34.1 Å². The summed E-state index contributed by atoms with van der Waals surface area (Å²) in [6, 6.07) is 7.53. The van der Waals surface area contributed by atoms with Crippen LogP contribution in [0.4, 0.5) is 4.79 Å². The summed E-state index contributed by atoms with van der Waals surface area (Å²) in [5, 5.41) is 0. The molecular weight excluding hydrogens is 322 g/mol. The van der Waals surface area contributed by atoms with E-state index in [1.807, 2.05) is 45.0 Å². The van der Waals surface area contributed by atoms with E-state index in [1.165, 1.54) is 12.5 Å². The van der Waals surface area contributed by atoms with Crippen LogP contribution in [0.5, 0.6) is 11.5 Å². The van der Waals surface area contributed by atoms with E-state index in [0.717, 1.165) is 44.2 Å². The number of fused-ring (bicyclic) bond motifs is 1. The average molecular weight is 351 g/mol. The van der Waals surface area contributed by atoms with Crippen molar-refractivity contribution in [2.45, 2.75) is 40.2 Å². The first kappa shape index (κ1) is 20.8. The number of rotatable bonds is 4. The number of ether oxygens (including phenoxy) is 4. The van der Waals surface area contributed by atoms with Crippen molar-refractivity contribution in [1.29, 1.82) is 0 Å².